The number of nitrogen functional groups attached to an aromatic ring is 1. The number of thiophene rings is 1. The van der Waals surface area contributed by atoms with Crippen molar-refractivity contribution in [1.29, 1.82) is 0 Å². The summed E-state index contributed by atoms with van der Waals surface area (Å²) in [5.41, 5.74) is 9.86. The molecule has 3 aromatic carbocycles. The van der Waals surface area contributed by atoms with Gasteiger partial charge in [-0.15, -0.1) is 11.3 Å². The summed E-state index contributed by atoms with van der Waals surface area (Å²) in [6.45, 7) is 4.33. The molecule has 1 heterocycles. The lowest BCUT2D eigenvalue weighted by molar-refractivity contribution is 0.478. The van der Waals surface area contributed by atoms with Crippen molar-refractivity contribution in [2.24, 2.45) is 0 Å². The molecule has 0 radical (unpaired) electrons. The van der Waals surface area contributed by atoms with Gasteiger partial charge in [-0.25, -0.2) is 0 Å². The molecule has 0 saturated carbocycles. The number of rotatable bonds is 1. The number of halogens is 1. The van der Waals surface area contributed by atoms with Crippen LogP contribution in [0.2, 0.25) is 0 Å². The van der Waals surface area contributed by atoms with Gasteiger partial charge in [0.1, 0.15) is 5.75 Å². The Bertz CT molecular complexity index is 1110. The summed E-state index contributed by atoms with van der Waals surface area (Å²) < 4.78 is 2.40. The Balaban J connectivity index is 2.26. The van der Waals surface area contributed by atoms with Crippen molar-refractivity contribution in [1.82, 2.24) is 0 Å². The van der Waals surface area contributed by atoms with Gasteiger partial charge < -0.3 is 10.8 Å². The first-order chi connectivity index (χ1) is 11.5. The molecular formula is C20H16BrNOS. The zero-order valence-corrected chi connectivity index (χ0v) is 15.8. The van der Waals surface area contributed by atoms with Crippen LogP contribution >= 0.6 is 27.3 Å². The topological polar surface area (TPSA) is 46.2 Å². The molecule has 0 unspecified atom stereocenters. The van der Waals surface area contributed by atoms with Gasteiger partial charge in [-0.3, -0.25) is 0 Å². The lowest BCUT2D eigenvalue weighted by Gasteiger charge is -2.13. The number of aromatic hydroxyl groups is 1. The first kappa shape index (κ1) is 15.5. The van der Waals surface area contributed by atoms with Gasteiger partial charge >= 0.3 is 0 Å². The molecule has 120 valence electrons. The van der Waals surface area contributed by atoms with Gasteiger partial charge in [-0.2, -0.15) is 0 Å². The Hall–Kier alpha value is -2.04. The summed E-state index contributed by atoms with van der Waals surface area (Å²) in [4.78, 5) is 1.31. The monoisotopic (exact) mass is 397 g/mol. The van der Waals surface area contributed by atoms with Crippen LogP contribution in [-0.4, -0.2) is 5.11 Å². The third kappa shape index (κ3) is 2.14. The molecule has 0 amide bonds. The second-order valence-corrected chi connectivity index (χ2v) is 8.01. The summed E-state index contributed by atoms with van der Waals surface area (Å²) in [7, 11) is 0. The minimum atomic E-state index is 0.120. The van der Waals surface area contributed by atoms with Crippen LogP contribution in [0.5, 0.6) is 5.75 Å². The van der Waals surface area contributed by atoms with Crippen LogP contribution < -0.4 is 5.73 Å². The van der Waals surface area contributed by atoms with E-state index in [0.29, 0.717) is 5.69 Å². The van der Waals surface area contributed by atoms with Crippen LogP contribution in [0, 0.1) is 13.8 Å². The van der Waals surface area contributed by atoms with Crippen molar-refractivity contribution in [2.75, 3.05) is 5.73 Å². The molecule has 2 nitrogen and oxygen atoms in total. The minimum Gasteiger partial charge on any atom is -0.506 e. The lowest BCUT2D eigenvalue weighted by Crippen LogP contribution is -1.90. The average Bonchev–Trinajstić information content (AvgIpc) is 2.87. The predicted octanol–water partition coefficient (Wildman–Crippen LogP) is 6.39. The van der Waals surface area contributed by atoms with Gasteiger partial charge in [0.2, 0.25) is 0 Å². The van der Waals surface area contributed by atoms with Gasteiger partial charge in [-0.1, -0.05) is 30.3 Å². The largest absolute Gasteiger partial charge is 0.506 e. The molecule has 0 atom stereocenters. The Labute approximate surface area is 152 Å². The Morgan fingerprint density at radius 2 is 1.75 bits per heavy atom. The number of aryl methyl sites for hydroxylation is 2. The van der Waals surface area contributed by atoms with E-state index >= 15 is 0 Å². The molecule has 3 N–H and O–H groups in total. The molecular weight excluding hydrogens is 382 g/mol. The molecule has 4 rings (SSSR count). The molecule has 4 heteroatoms. The van der Waals surface area contributed by atoms with Crippen LogP contribution in [0.15, 0.2) is 46.9 Å². The van der Waals surface area contributed by atoms with Gasteiger partial charge in [0.05, 0.1) is 10.4 Å². The summed E-state index contributed by atoms with van der Waals surface area (Å²) in [5, 5.41) is 13.4. The van der Waals surface area contributed by atoms with Crippen LogP contribution in [0.3, 0.4) is 0 Å². The zero-order chi connectivity index (χ0) is 17.0. The van der Waals surface area contributed by atoms with E-state index in [4.69, 9.17) is 5.73 Å². The zero-order valence-electron chi connectivity index (χ0n) is 13.4. The molecule has 24 heavy (non-hydrogen) atoms. The molecule has 0 saturated heterocycles. The summed E-state index contributed by atoms with van der Waals surface area (Å²) in [6.07, 6.45) is 0. The number of anilines is 1. The lowest BCUT2D eigenvalue weighted by atomic mass is 9.92. The smallest absolute Gasteiger partial charge is 0.138 e. The van der Waals surface area contributed by atoms with E-state index in [9.17, 15) is 5.11 Å². The van der Waals surface area contributed by atoms with Crippen molar-refractivity contribution in [3.05, 3.63) is 57.4 Å². The molecule has 0 spiro atoms. The van der Waals surface area contributed by atoms with Crippen molar-refractivity contribution < 1.29 is 5.11 Å². The number of phenolic OH excluding ortho intramolecular Hbond substituents is 1. The molecule has 0 aliphatic heterocycles. The molecule has 0 fully saturated rings. The van der Waals surface area contributed by atoms with E-state index in [0.717, 1.165) is 10.0 Å². The Morgan fingerprint density at radius 1 is 1.04 bits per heavy atom. The van der Waals surface area contributed by atoms with Crippen LogP contribution in [0.4, 0.5) is 5.69 Å². The van der Waals surface area contributed by atoms with E-state index in [1.165, 1.54) is 36.9 Å². The van der Waals surface area contributed by atoms with Gasteiger partial charge in [0, 0.05) is 14.7 Å². The number of hydrogen-bond acceptors (Lipinski definition) is 3. The van der Waals surface area contributed by atoms with Crippen LogP contribution in [0.25, 0.3) is 32.0 Å². The fraction of sp³-hybridized carbons (Fsp3) is 0.100. The highest BCUT2D eigenvalue weighted by Crippen LogP contribution is 2.47. The third-order valence-corrected chi connectivity index (χ3v) is 6.89. The van der Waals surface area contributed by atoms with Crippen molar-refractivity contribution in [3.63, 3.8) is 0 Å². The third-order valence-electron chi connectivity index (χ3n) is 4.58. The highest BCUT2D eigenvalue weighted by Gasteiger charge is 2.19. The second kappa shape index (κ2) is 5.50. The number of nitrogens with two attached hydrogens (primary N) is 1. The van der Waals surface area contributed by atoms with E-state index in [1.54, 1.807) is 6.07 Å². The van der Waals surface area contributed by atoms with E-state index in [-0.39, 0.29) is 5.75 Å². The van der Waals surface area contributed by atoms with E-state index in [2.05, 4.69) is 54.0 Å². The number of phenols is 1. The standard InChI is InChI=1S/C20H16BrNOS/c1-10-11(2)24-20-17(10)18(12-7-8-16(23)15(22)9-12)13-5-3-4-6-14(13)19(20)21/h3-9,23H,22H2,1-2H3. The van der Waals surface area contributed by atoms with Gasteiger partial charge in [0.15, 0.2) is 0 Å². The van der Waals surface area contributed by atoms with Crippen molar-refractivity contribution in [3.8, 4) is 16.9 Å². The Morgan fingerprint density at radius 3 is 2.46 bits per heavy atom. The average molecular weight is 398 g/mol. The maximum Gasteiger partial charge on any atom is 0.138 e. The number of hydrogen-bond donors (Lipinski definition) is 2. The quantitative estimate of drug-likeness (QED) is 0.288. The highest BCUT2D eigenvalue weighted by atomic mass is 79.9. The first-order valence-electron chi connectivity index (χ1n) is 7.67. The van der Waals surface area contributed by atoms with Gasteiger partial charge in [-0.05, 0) is 69.4 Å². The van der Waals surface area contributed by atoms with Crippen LogP contribution in [0.1, 0.15) is 10.4 Å². The van der Waals surface area contributed by atoms with Crippen LogP contribution in [-0.2, 0) is 0 Å². The summed E-state index contributed by atoms with van der Waals surface area (Å²) in [5.74, 6) is 0.120. The molecule has 1 aromatic heterocycles. The molecule has 0 aliphatic carbocycles. The normalized spacial score (nSPS) is 11.5. The predicted molar refractivity (Wildman–Crippen MR) is 108 cm³/mol. The van der Waals surface area contributed by atoms with E-state index < -0.39 is 0 Å². The van der Waals surface area contributed by atoms with Crippen molar-refractivity contribution in [2.45, 2.75) is 13.8 Å². The summed E-state index contributed by atoms with van der Waals surface area (Å²) >= 11 is 5.62. The molecule has 0 bridgehead atoms. The van der Waals surface area contributed by atoms with Gasteiger partial charge in [0.25, 0.3) is 0 Å². The maximum absolute atomic E-state index is 9.79. The molecule has 4 aromatic rings. The summed E-state index contributed by atoms with van der Waals surface area (Å²) in [6, 6.07) is 13.9. The minimum absolute atomic E-state index is 0.120. The first-order valence-corrected chi connectivity index (χ1v) is 9.28. The fourth-order valence-corrected chi connectivity index (χ4v) is 5.15. The Kier molecular flexibility index (Phi) is 3.55. The highest BCUT2D eigenvalue weighted by molar-refractivity contribution is 9.11. The number of fused-ring (bicyclic) bond motifs is 2. The number of benzene rings is 3. The second-order valence-electron chi connectivity index (χ2n) is 6.00. The maximum atomic E-state index is 9.79. The SMILES string of the molecule is Cc1sc2c(Br)c3ccccc3c(-c3ccc(O)c(N)c3)c2c1C. The van der Waals surface area contributed by atoms with Crippen molar-refractivity contribution >= 4 is 53.8 Å². The molecule has 0 aliphatic rings. The van der Waals surface area contributed by atoms with E-state index in [1.807, 2.05) is 23.5 Å². The fourth-order valence-electron chi connectivity index (χ4n) is 3.24.